The van der Waals surface area contributed by atoms with Crippen molar-refractivity contribution in [1.29, 1.82) is 0 Å². The summed E-state index contributed by atoms with van der Waals surface area (Å²) < 4.78 is 21.5. The Kier molecular flexibility index (Phi) is 15.2. The van der Waals surface area contributed by atoms with E-state index in [1.807, 2.05) is 20.8 Å². The van der Waals surface area contributed by atoms with E-state index < -0.39 is 48.0 Å². The summed E-state index contributed by atoms with van der Waals surface area (Å²) in [5, 5.41) is 9.67. The summed E-state index contributed by atoms with van der Waals surface area (Å²) in [5.41, 5.74) is 6.46. The molecule has 0 aromatic heterocycles. The lowest BCUT2D eigenvalue weighted by atomic mass is 9.87. The second-order valence-electron chi connectivity index (χ2n) is 10.0. The van der Waals surface area contributed by atoms with E-state index in [-0.39, 0.29) is 30.4 Å². The van der Waals surface area contributed by atoms with Crippen LogP contribution < -0.4 is 15.2 Å². The third-order valence-corrected chi connectivity index (χ3v) is 6.38. The van der Waals surface area contributed by atoms with Gasteiger partial charge >= 0.3 is 24.1 Å². The number of esters is 2. The Balaban J connectivity index is 3.32. The summed E-state index contributed by atoms with van der Waals surface area (Å²) >= 11 is 0. The molecule has 220 valence electrons. The van der Waals surface area contributed by atoms with E-state index in [1.54, 1.807) is 26.8 Å². The molecular formula is C29H45NO9. The van der Waals surface area contributed by atoms with Gasteiger partial charge in [-0.25, -0.2) is 4.79 Å². The van der Waals surface area contributed by atoms with Gasteiger partial charge in [0, 0.05) is 5.92 Å². The number of benzene rings is 1. The minimum Gasteiger partial charge on any atom is -0.480 e. The Labute approximate surface area is 231 Å². The molecule has 10 nitrogen and oxygen atoms in total. The fourth-order valence-corrected chi connectivity index (χ4v) is 4.01. The lowest BCUT2D eigenvalue weighted by Crippen LogP contribution is -2.38. The van der Waals surface area contributed by atoms with Crippen LogP contribution in [0.3, 0.4) is 0 Å². The molecule has 0 aliphatic carbocycles. The maximum atomic E-state index is 12.8. The topological polar surface area (TPSA) is 151 Å². The van der Waals surface area contributed by atoms with Crippen LogP contribution in [-0.2, 0) is 23.9 Å². The lowest BCUT2D eigenvalue weighted by Gasteiger charge is -2.25. The molecule has 0 fully saturated rings. The average Bonchev–Trinajstić information content (AvgIpc) is 2.88. The second-order valence-corrected chi connectivity index (χ2v) is 10.0. The van der Waals surface area contributed by atoms with Gasteiger partial charge in [-0.3, -0.25) is 14.4 Å². The van der Waals surface area contributed by atoms with E-state index in [9.17, 15) is 24.3 Å². The number of unbranched alkanes of at least 4 members (excludes halogenated alkanes) is 1. The highest BCUT2D eigenvalue weighted by molar-refractivity contribution is 5.79. The van der Waals surface area contributed by atoms with Crippen LogP contribution in [0.25, 0.3) is 0 Å². The van der Waals surface area contributed by atoms with Crippen LogP contribution in [0, 0.1) is 11.8 Å². The number of carboxylic acid groups (broad SMARTS) is 1. The lowest BCUT2D eigenvalue weighted by molar-refractivity contribution is -0.141. The molecule has 1 rings (SSSR count). The maximum Gasteiger partial charge on any atom is 0.508 e. The standard InChI is InChI=1S/C29H45NO9/c1-7-10-15-36-29(35)37-20(6)16-22(25(30)26(31)32)21-13-14-23(38-27(33)18(4)11-8-2)24(17-21)39-28(34)19(5)12-9-3/h13-14,17-20,22,25H,7-12,15-16,30H2,1-6H3,(H,31,32)/t18?,19?,20?,22?,25-/m0/s1. The highest BCUT2D eigenvalue weighted by Crippen LogP contribution is 2.35. The number of hydrogen-bond donors (Lipinski definition) is 2. The first-order valence-electron chi connectivity index (χ1n) is 13.8. The van der Waals surface area contributed by atoms with E-state index in [0.29, 0.717) is 24.8 Å². The van der Waals surface area contributed by atoms with Gasteiger partial charge in [0.05, 0.1) is 18.4 Å². The number of hydrogen-bond acceptors (Lipinski definition) is 9. The Morgan fingerprint density at radius 2 is 1.44 bits per heavy atom. The summed E-state index contributed by atoms with van der Waals surface area (Å²) in [7, 11) is 0. The minimum absolute atomic E-state index is 0.00682. The SMILES string of the molecule is CCCCOC(=O)OC(C)CC(c1ccc(OC(=O)C(C)CCC)c(OC(=O)C(C)CCC)c1)[C@H](N)C(=O)O. The van der Waals surface area contributed by atoms with E-state index in [4.69, 9.17) is 24.7 Å². The molecule has 0 saturated heterocycles. The van der Waals surface area contributed by atoms with Crippen molar-refractivity contribution in [1.82, 2.24) is 0 Å². The summed E-state index contributed by atoms with van der Waals surface area (Å²) in [6, 6.07) is 3.14. The molecule has 0 amide bonds. The predicted molar refractivity (Wildman–Crippen MR) is 146 cm³/mol. The third kappa shape index (κ3) is 11.6. The molecule has 3 N–H and O–H groups in total. The largest absolute Gasteiger partial charge is 0.508 e. The smallest absolute Gasteiger partial charge is 0.480 e. The Morgan fingerprint density at radius 3 is 1.95 bits per heavy atom. The first kappa shape index (κ1) is 33.9. The van der Waals surface area contributed by atoms with Gasteiger partial charge in [0.2, 0.25) is 0 Å². The van der Waals surface area contributed by atoms with Crippen LogP contribution in [-0.4, -0.2) is 47.9 Å². The first-order chi connectivity index (χ1) is 18.4. The van der Waals surface area contributed by atoms with Gasteiger partial charge in [-0.2, -0.15) is 0 Å². The molecule has 0 spiro atoms. The molecular weight excluding hydrogens is 506 g/mol. The molecule has 0 saturated carbocycles. The Morgan fingerprint density at radius 1 is 0.872 bits per heavy atom. The fraction of sp³-hybridized carbons (Fsp3) is 0.655. The zero-order chi connectivity index (χ0) is 29.5. The van der Waals surface area contributed by atoms with E-state index in [0.717, 1.165) is 19.3 Å². The van der Waals surface area contributed by atoms with E-state index in [1.165, 1.54) is 12.1 Å². The average molecular weight is 552 g/mol. The molecule has 0 radical (unpaired) electrons. The van der Waals surface area contributed by atoms with Crippen LogP contribution >= 0.6 is 0 Å². The van der Waals surface area contributed by atoms with Crippen molar-refractivity contribution in [2.45, 2.75) is 105 Å². The van der Waals surface area contributed by atoms with Gasteiger partial charge < -0.3 is 29.8 Å². The summed E-state index contributed by atoms with van der Waals surface area (Å²) in [6.45, 7) is 11.2. The third-order valence-electron chi connectivity index (χ3n) is 6.38. The molecule has 0 aliphatic rings. The molecule has 5 atom stereocenters. The molecule has 0 heterocycles. The number of nitrogens with two attached hydrogens (primary N) is 1. The number of carbonyl (C=O) groups excluding carboxylic acids is 3. The van der Waals surface area contributed by atoms with Crippen LogP contribution in [0.2, 0.25) is 0 Å². The summed E-state index contributed by atoms with van der Waals surface area (Å²) in [6.07, 6.45) is 2.86. The molecule has 1 aromatic carbocycles. The highest BCUT2D eigenvalue weighted by Gasteiger charge is 2.31. The first-order valence-corrected chi connectivity index (χ1v) is 13.8. The van der Waals surface area contributed by atoms with E-state index >= 15 is 0 Å². The van der Waals surface area contributed by atoms with Crippen molar-refractivity contribution in [3.8, 4) is 11.5 Å². The zero-order valence-corrected chi connectivity index (χ0v) is 24.1. The predicted octanol–water partition coefficient (Wildman–Crippen LogP) is 5.60. The number of ether oxygens (including phenoxy) is 4. The van der Waals surface area contributed by atoms with Gasteiger partial charge in [0.15, 0.2) is 11.5 Å². The van der Waals surface area contributed by atoms with Crippen LogP contribution in [0.4, 0.5) is 4.79 Å². The molecule has 0 bridgehead atoms. The van der Waals surface area contributed by atoms with Gasteiger partial charge in [0.1, 0.15) is 12.1 Å². The van der Waals surface area contributed by atoms with Gasteiger partial charge in [0.25, 0.3) is 0 Å². The number of aliphatic carboxylic acids is 1. The molecule has 0 aliphatic heterocycles. The van der Waals surface area contributed by atoms with Crippen molar-refractivity contribution in [3.63, 3.8) is 0 Å². The van der Waals surface area contributed by atoms with Crippen LogP contribution in [0.15, 0.2) is 18.2 Å². The van der Waals surface area contributed by atoms with Gasteiger partial charge in [-0.05, 0) is 50.3 Å². The summed E-state index contributed by atoms with van der Waals surface area (Å²) in [4.78, 5) is 49.2. The van der Waals surface area contributed by atoms with Crippen molar-refractivity contribution in [2.75, 3.05) is 6.61 Å². The monoisotopic (exact) mass is 551 g/mol. The number of carboxylic acids is 1. The zero-order valence-electron chi connectivity index (χ0n) is 24.1. The van der Waals surface area contributed by atoms with Gasteiger partial charge in [-0.15, -0.1) is 0 Å². The molecule has 39 heavy (non-hydrogen) atoms. The molecule has 4 unspecified atom stereocenters. The number of rotatable bonds is 17. The summed E-state index contributed by atoms with van der Waals surface area (Å²) in [5.74, 6) is -3.76. The highest BCUT2D eigenvalue weighted by atomic mass is 16.7. The van der Waals surface area contributed by atoms with Crippen molar-refractivity contribution in [2.24, 2.45) is 17.6 Å². The minimum atomic E-state index is -1.35. The molecule has 10 heteroatoms. The van der Waals surface area contributed by atoms with Crippen LogP contribution in [0.1, 0.15) is 98.0 Å². The van der Waals surface area contributed by atoms with Crippen molar-refractivity contribution in [3.05, 3.63) is 23.8 Å². The van der Waals surface area contributed by atoms with Gasteiger partial charge in [-0.1, -0.05) is 59.9 Å². The number of carbonyl (C=O) groups is 4. The van der Waals surface area contributed by atoms with Crippen molar-refractivity contribution < 1.29 is 43.2 Å². The van der Waals surface area contributed by atoms with Crippen molar-refractivity contribution >= 4 is 24.1 Å². The van der Waals surface area contributed by atoms with Crippen LogP contribution in [0.5, 0.6) is 11.5 Å². The normalized spacial score (nSPS) is 14.8. The quantitative estimate of drug-likeness (QED) is 0.142. The molecule has 1 aromatic rings. The fourth-order valence-electron chi connectivity index (χ4n) is 4.01. The Bertz CT molecular complexity index is 949. The maximum absolute atomic E-state index is 12.8. The second kappa shape index (κ2) is 17.4. The van der Waals surface area contributed by atoms with E-state index in [2.05, 4.69) is 0 Å². The Hall–Kier alpha value is -3.14.